The fourth-order valence-corrected chi connectivity index (χ4v) is 2.79. The number of likely N-dealkylation sites (tertiary alicyclic amines) is 1. The van der Waals surface area contributed by atoms with E-state index in [1.807, 2.05) is 25.3 Å². The molecule has 0 aliphatic carbocycles. The molecule has 3 rings (SSSR count). The lowest BCUT2D eigenvalue weighted by Gasteiger charge is -2.29. The first-order chi connectivity index (χ1) is 9.61. The molecule has 2 aromatic rings. The molecule has 0 unspecified atom stereocenters. The van der Waals surface area contributed by atoms with Gasteiger partial charge in [-0.05, 0) is 50.4 Å². The van der Waals surface area contributed by atoms with Gasteiger partial charge in [-0.1, -0.05) is 13.0 Å². The molecule has 2 aromatic heterocycles. The first-order valence-electron chi connectivity index (χ1n) is 7.33. The zero-order chi connectivity index (χ0) is 14.1. The van der Waals surface area contributed by atoms with Crippen molar-refractivity contribution < 1.29 is 0 Å². The van der Waals surface area contributed by atoms with E-state index < -0.39 is 0 Å². The Balaban J connectivity index is 1.85. The van der Waals surface area contributed by atoms with Crippen molar-refractivity contribution in [2.24, 2.45) is 5.92 Å². The van der Waals surface area contributed by atoms with E-state index in [2.05, 4.69) is 16.8 Å². The van der Waals surface area contributed by atoms with Crippen molar-refractivity contribution in [1.29, 1.82) is 0 Å². The Morgan fingerprint density at radius 3 is 2.80 bits per heavy atom. The molecule has 4 heteroatoms. The molecule has 0 bridgehead atoms. The second-order valence-corrected chi connectivity index (χ2v) is 5.98. The lowest BCUT2D eigenvalue weighted by molar-refractivity contribution is 0.183. The van der Waals surface area contributed by atoms with Gasteiger partial charge in [0.2, 0.25) is 0 Å². The van der Waals surface area contributed by atoms with Gasteiger partial charge in [-0.3, -0.25) is 14.1 Å². The van der Waals surface area contributed by atoms with Crippen LogP contribution in [0.3, 0.4) is 0 Å². The van der Waals surface area contributed by atoms with Crippen LogP contribution in [0.4, 0.5) is 0 Å². The third-order valence-corrected chi connectivity index (χ3v) is 4.12. The molecule has 3 heterocycles. The lowest BCUT2D eigenvalue weighted by Crippen LogP contribution is -2.33. The number of pyridine rings is 1. The van der Waals surface area contributed by atoms with E-state index in [9.17, 15) is 4.79 Å². The minimum Gasteiger partial charge on any atom is -0.297 e. The summed E-state index contributed by atoms with van der Waals surface area (Å²) in [5.74, 6) is 0.824. The van der Waals surface area contributed by atoms with E-state index in [0.29, 0.717) is 0 Å². The zero-order valence-electron chi connectivity index (χ0n) is 12.2. The molecule has 1 aliphatic rings. The van der Waals surface area contributed by atoms with Crippen LogP contribution in [0.5, 0.6) is 0 Å². The predicted molar refractivity (Wildman–Crippen MR) is 79.9 cm³/mol. The summed E-state index contributed by atoms with van der Waals surface area (Å²) in [6.45, 7) is 7.29. The SMILES string of the molecule is Cc1ccc2nc(CN3CCC(C)CC3)cc(=O)n2c1. The molecule has 1 saturated heterocycles. The summed E-state index contributed by atoms with van der Waals surface area (Å²) < 4.78 is 1.62. The Bertz CT molecular complexity index is 669. The van der Waals surface area contributed by atoms with Gasteiger partial charge in [-0.2, -0.15) is 0 Å². The highest BCUT2D eigenvalue weighted by atomic mass is 16.1. The Morgan fingerprint density at radius 1 is 1.30 bits per heavy atom. The summed E-state index contributed by atoms with van der Waals surface area (Å²) in [5.41, 5.74) is 2.70. The van der Waals surface area contributed by atoms with Gasteiger partial charge in [0.05, 0.1) is 5.69 Å². The van der Waals surface area contributed by atoms with E-state index in [1.165, 1.54) is 12.8 Å². The van der Waals surface area contributed by atoms with Gasteiger partial charge in [-0.25, -0.2) is 4.98 Å². The van der Waals surface area contributed by atoms with E-state index in [-0.39, 0.29) is 5.56 Å². The van der Waals surface area contributed by atoms with Gasteiger partial charge in [0, 0.05) is 18.8 Å². The van der Waals surface area contributed by atoms with Crippen molar-refractivity contribution in [2.75, 3.05) is 13.1 Å². The molecule has 4 nitrogen and oxygen atoms in total. The van der Waals surface area contributed by atoms with Crippen LogP contribution < -0.4 is 5.56 Å². The molecule has 106 valence electrons. The Labute approximate surface area is 119 Å². The highest BCUT2D eigenvalue weighted by Crippen LogP contribution is 2.17. The number of hydrogen-bond acceptors (Lipinski definition) is 3. The maximum Gasteiger partial charge on any atom is 0.258 e. The monoisotopic (exact) mass is 271 g/mol. The lowest BCUT2D eigenvalue weighted by atomic mass is 9.99. The minimum atomic E-state index is 0.0130. The molecular formula is C16H21N3O. The summed E-state index contributed by atoms with van der Waals surface area (Å²) in [7, 11) is 0. The van der Waals surface area contributed by atoms with Crippen LogP contribution >= 0.6 is 0 Å². The van der Waals surface area contributed by atoms with Crippen LogP contribution in [0.2, 0.25) is 0 Å². The van der Waals surface area contributed by atoms with Crippen molar-refractivity contribution in [3.05, 3.63) is 46.0 Å². The van der Waals surface area contributed by atoms with Crippen LogP contribution in [0.1, 0.15) is 31.0 Å². The molecular weight excluding hydrogens is 250 g/mol. The molecule has 0 aromatic carbocycles. The van der Waals surface area contributed by atoms with Gasteiger partial charge >= 0.3 is 0 Å². The van der Waals surface area contributed by atoms with Gasteiger partial charge < -0.3 is 0 Å². The van der Waals surface area contributed by atoms with Gasteiger partial charge in [0.25, 0.3) is 5.56 Å². The fraction of sp³-hybridized carbons (Fsp3) is 0.500. The van der Waals surface area contributed by atoms with Crippen molar-refractivity contribution in [1.82, 2.24) is 14.3 Å². The van der Waals surface area contributed by atoms with Gasteiger partial charge in [-0.15, -0.1) is 0 Å². The van der Waals surface area contributed by atoms with Gasteiger partial charge in [0.1, 0.15) is 5.65 Å². The number of rotatable bonds is 2. The average molecular weight is 271 g/mol. The van der Waals surface area contributed by atoms with Crippen molar-refractivity contribution in [2.45, 2.75) is 33.2 Å². The number of piperidine rings is 1. The first-order valence-corrected chi connectivity index (χ1v) is 7.33. The van der Waals surface area contributed by atoms with Crippen LogP contribution in [-0.4, -0.2) is 27.4 Å². The fourth-order valence-electron chi connectivity index (χ4n) is 2.79. The standard InChI is InChI=1S/C16H21N3O/c1-12-5-7-18(8-6-12)11-14-9-16(20)19-10-13(2)3-4-15(19)17-14/h3-4,9-10,12H,5-8,11H2,1-2H3. The van der Waals surface area contributed by atoms with Crippen molar-refractivity contribution in [3.63, 3.8) is 0 Å². The quantitative estimate of drug-likeness (QED) is 0.840. The molecule has 0 radical (unpaired) electrons. The van der Waals surface area contributed by atoms with E-state index in [0.717, 1.165) is 42.5 Å². The second kappa shape index (κ2) is 5.37. The summed E-state index contributed by atoms with van der Waals surface area (Å²) >= 11 is 0. The number of hydrogen-bond donors (Lipinski definition) is 0. The molecule has 1 aliphatic heterocycles. The topological polar surface area (TPSA) is 37.6 Å². The first kappa shape index (κ1) is 13.3. The normalized spacial score (nSPS) is 17.7. The molecule has 0 saturated carbocycles. The second-order valence-electron chi connectivity index (χ2n) is 5.98. The van der Waals surface area contributed by atoms with Crippen LogP contribution in [0.25, 0.3) is 5.65 Å². The molecule has 0 spiro atoms. The summed E-state index contributed by atoms with van der Waals surface area (Å²) in [6, 6.07) is 5.58. The average Bonchev–Trinajstić information content (AvgIpc) is 2.42. The third kappa shape index (κ3) is 2.75. The molecule has 0 N–H and O–H groups in total. The highest BCUT2D eigenvalue weighted by Gasteiger charge is 2.16. The number of aromatic nitrogens is 2. The van der Waals surface area contributed by atoms with Crippen LogP contribution in [-0.2, 0) is 6.54 Å². The Kier molecular flexibility index (Phi) is 3.57. The van der Waals surface area contributed by atoms with E-state index in [1.54, 1.807) is 10.5 Å². The largest absolute Gasteiger partial charge is 0.297 e. The molecule has 0 atom stereocenters. The summed E-state index contributed by atoms with van der Waals surface area (Å²) in [6.07, 6.45) is 4.33. The maximum atomic E-state index is 12.1. The van der Waals surface area contributed by atoms with Crippen molar-refractivity contribution >= 4 is 5.65 Å². The summed E-state index contributed by atoms with van der Waals surface area (Å²) in [5, 5.41) is 0. The van der Waals surface area contributed by atoms with Crippen LogP contribution in [0, 0.1) is 12.8 Å². The van der Waals surface area contributed by atoms with E-state index >= 15 is 0 Å². The highest BCUT2D eigenvalue weighted by molar-refractivity contribution is 5.39. The molecule has 0 amide bonds. The van der Waals surface area contributed by atoms with E-state index in [4.69, 9.17) is 0 Å². The van der Waals surface area contributed by atoms with Crippen LogP contribution in [0.15, 0.2) is 29.2 Å². The Hall–Kier alpha value is -1.68. The van der Waals surface area contributed by atoms with Gasteiger partial charge in [0.15, 0.2) is 0 Å². The van der Waals surface area contributed by atoms with Crippen molar-refractivity contribution in [3.8, 4) is 0 Å². The molecule has 1 fully saturated rings. The maximum absolute atomic E-state index is 12.1. The third-order valence-electron chi connectivity index (χ3n) is 4.12. The predicted octanol–water partition coefficient (Wildman–Crippen LogP) is 2.23. The summed E-state index contributed by atoms with van der Waals surface area (Å²) in [4.78, 5) is 19.2. The number of aryl methyl sites for hydroxylation is 1. The Morgan fingerprint density at radius 2 is 2.05 bits per heavy atom. The number of nitrogens with zero attached hydrogens (tertiary/aromatic N) is 3. The number of fused-ring (bicyclic) bond motifs is 1. The smallest absolute Gasteiger partial charge is 0.258 e. The molecule has 20 heavy (non-hydrogen) atoms. The minimum absolute atomic E-state index is 0.0130. The zero-order valence-corrected chi connectivity index (χ0v) is 12.2.